The van der Waals surface area contributed by atoms with Gasteiger partial charge in [0.05, 0.1) is 6.17 Å². The van der Waals surface area contributed by atoms with E-state index < -0.39 is 0 Å². The quantitative estimate of drug-likeness (QED) is 0.179. The Hall–Kier alpha value is -4.50. The van der Waals surface area contributed by atoms with Crippen LogP contribution in [0.15, 0.2) is 146 Å². The van der Waals surface area contributed by atoms with Crippen molar-refractivity contribution in [1.82, 2.24) is 10.2 Å². The van der Waals surface area contributed by atoms with Crippen LogP contribution in [-0.2, 0) is 0 Å². The summed E-state index contributed by atoms with van der Waals surface area (Å²) in [6.07, 6.45) is 36.6. The summed E-state index contributed by atoms with van der Waals surface area (Å²) in [6.45, 7) is 0. The van der Waals surface area contributed by atoms with Gasteiger partial charge >= 0.3 is 0 Å². The monoisotopic (exact) mass is 610 g/mol. The van der Waals surface area contributed by atoms with Crippen LogP contribution in [0.5, 0.6) is 0 Å². The Morgan fingerprint density at radius 2 is 1.40 bits per heavy atom. The Balaban J connectivity index is 1.24. The molecule has 47 heavy (non-hydrogen) atoms. The summed E-state index contributed by atoms with van der Waals surface area (Å²) in [4.78, 5) is 2.78. The van der Waals surface area contributed by atoms with Gasteiger partial charge in [-0.25, -0.2) is 0 Å². The lowest BCUT2D eigenvalue weighted by Gasteiger charge is -2.37. The van der Waals surface area contributed by atoms with Crippen LogP contribution in [0, 0.1) is 0 Å². The number of allylic oxidation sites excluding steroid dienone is 11. The summed E-state index contributed by atoms with van der Waals surface area (Å²) < 4.78 is 0. The minimum Gasteiger partial charge on any atom is -0.290 e. The van der Waals surface area contributed by atoms with E-state index in [0.717, 1.165) is 32.1 Å². The highest BCUT2D eigenvalue weighted by molar-refractivity contribution is 6.19. The van der Waals surface area contributed by atoms with Gasteiger partial charge in [-0.05, 0) is 99.5 Å². The average Bonchev–Trinajstić information content (AvgIpc) is 3.54. The molecule has 5 unspecified atom stereocenters. The Labute approximate surface area is 278 Å². The zero-order valence-electron chi connectivity index (χ0n) is 26.9. The largest absolute Gasteiger partial charge is 0.290 e. The number of fused-ring (bicyclic) bond motifs is 3. The Morgan fingerprint density at radius 3 is 2.17 bits per heavy atom. The molecule has 1 aliphatic heterocycles. The van der Waals surface area contributed by atoms with Gasteiger partial charge in [0.25, 0.3) is 0 Å². The van der Waals surface area contributed by atoms with Crippen molar-refractivity contribution in [3.05, 3.63) is 162 Å². The number of hydrogen-bond acceptors (Lipinski definition) is 2. The first-order valence-corrected chi connectivity index (χ1v) is 17.6. The van der Waals surface area contributed by atoms with Crippen LogP contribution in [-0.4, -0.2) is 23.0 Å². The lowest BCUT2D eigenvalue weighted by Crippen LogP contribution is -2.43. The third kappa shape index (κ3) is 5.12. The molecule has 5 aliphatic rings. The molecule has 4 aromatic rings. The number of benzene rings is 4. The van der Waals surface area contributed by atoms with E-state index in [1.807, 2.05) is 0 Å². The second kappa shape index (κ2) is 12.3. The van der Waals surface area contributed by atoms with Crippen molar-refractivity contribution in [2.24, 2.45) is 0 Å². The molecule has 4 aliphatic carbocycles. The minimum atomic E-state index is 0.165. The highest BCUT2D eigenvalue weighted by atomic mass is 15.4. The van der Waals surface area contributed by atoms with Crippen molar-refractivity contribution in [3.8, 4) is 11.1 Å². The lowest BCUT2D eigenvalue weighted by atomic mass is 9.83. The molecule has 2 heteroatoms. The maximum Gasteiger partial charge on any atom is 0.0874 e. The Bertz CT molecular complexity index is 2050. The first kappa shape index (κ1) is 28.7. The molecule has 2 nitrogen and oxygen atoms in total. The first-order valence-electron chi connectivity index (χ1n) is 17.6. The van der Waals surface area contributed by atoms with Gasteiger partial charge in [0.1, 0.15) is 0 Å². The smallest absolute Gasteiger partial charge is 0.0874 e. The fourth-order valence-electron chi connectivity index (χ4n) is 8.83. The van der Waals surface area contributed by atoms with Crippen molar-refractivity contribution >= 4 is 27.1 Å². The van der Waals surface area contributed by atoms with Crippen LogP contribution in [0.1, 0.15) is 67.3 Å². The van der Waals surface area contributed by atoms with E-state index in [-0.39, 0.29) is 6.17 Å². The van der Waals surface area contributed by atoms with Crippen LogP contribution in [0.25, 0.3) is 38.2 Å². The molecule has 0 saturated carbocycles. The summed E-state index contributed by atoms with van der Waals surface area (Å²) in [6, 6.07) is 27.2. The van der Waals surface area contributed by atoms with E-state index in [1.165, 1.54) is 61.4 Å². The van der Waals surface area contributed by atoms with Crippen LogP contribution in [0.3, 0.4) is 0 Å². The standard InChI is InChI=1S/C45H42N2/c1-4-14-31(15-5-1)32-24-26-34(27-25-32)43-37-20-10-11-21-38(37)44(33-16-6-2-7-17-33)40-30-35(28-29-39(40)43)45-46-41-22-12-13-23-42(41)47(45)36-18-8-3-9-19-36/h1-6,8-12,14,16,18,20-22,24-31,36,41-42,45-46H,7,13,15,17,19,23H2. The van der Waals surface area contributed by atoms with Gasteiger partial charge in [-0.3, -0.25) is 10.2 Å². The molecule has 9 rings (SSSR count). The molecule has 1 fully saturated rings. The SMILES string of the molecule is C1=CCCC(c2c3ccccc3c(-c3ccc(C4C=CC=CC4)cc3)c3ccc(C4NC5C=CCCC5N4C4C=CC=CC4)cc23)=C1. The van der Waals surface area contributed by atoms with E-state index in [2.05, 4.69) is 156 Å². The average molecular weight is 611 g/mol. The summed E-state index contributed by atoms with van der Waals surface area (Å²) in [7, 11) is 0. The second-order valence-corrected chi connectivity index (χ2v) is 13.8. The third-order valence-electron chi connectivity index (χ3n) is 11.1. The highest BCUT2D eigenvalue weighted by Gasteiger charge is 2.43. The molecule has 1 N–H and O–H groups in total. The van der Waals surface area contributed by atoms with Gasteiger partial charge in [0.15, 0.2) is 0 Å². The number of nitrogens with one attached hydrogen (secondary N) is 1. The molecule has 0 aromatic heterocycles. The van der Waals surface area contributed by atoms with Crippen LogP contribution < -0.4 is 5.32 Å². The zero-order chi connectivity index (χ0) is 31.2. The predicted octanol–water partition coefficient (Wildman–Crippen LogP) is 10.9. The van der Waals surface area contributed by atoms with Gasteiger partial charge in [0.2, 0.25) is 0 Å². The molecule has 1 saturated heterocycles. The van der Waals surface area contributed by atoms with Gasteiger partial charge in [0, 0.05) is 24.0 Å². The number of rotatable bonds is 5. The molecule has 4 aromatic carbocycles. The molecule has 1 heterocycles. The molecule has 5 atom stereocenters. The molecule has 0 bridgehead atoms. The van der Waals surface area contributed by atoms with Crippen molar-refractivity contribution in [1.29, 1.82) is 0 Å². The molecule has 0 radical (unpaired) electrons. The van der Waals surface area contributed by atoms with E-state index in [4.69, 9.17) is 0 Å². The van der Waals surface area contributed by atoms with Crippen molar-refractivity contribution in [2.75, 3.05) is 0 Å². The van der Waals surface area contributed by atoms with E-state index in [1.54, 1.807) is 0 Å². The topological polar surface area (TPSA) is 15.3 Å². The summed E-state index contributed by atoms with van der Waals surface area (Å²) in [5.41, 5.74) is 8.23. The van der Waals surface area contributed by atoms with Gasteiger partial charge in [-0.1, -0.05) is 140 Å². The Morgan fingerprint density at radius 1 is 0.617 bits per heavy atom. The normalized spacial score (nSPS) is 26.7. The molecule has 232 valence electrons. The van der Waals surface area contributed by atoms with Crippen LogP contribution in [0.2, 0.25) is 0 Å². The number of hydrogen-bond donors (Lipinski definition) is 1. The minimum absolute atomic E-state index is 0.165. The van der Waals surface area contributed by atoms with Crippen LogP contribution >= 0.6 is 0 Å². The molecular weight excluding hydrogens is 569 g/mol. The van der Waals surface area contributed by atoms with Gasteiger partial charge in [-0.2, -0.15) is 0 Å². The van der Waals surface area contributed by atoms with E-state index in [9.17, 15) is 0 Å². The summed E-state index contributed by atoms with van der Waals surface area (Å²) in [5, 5.41) is 9.48. The summed E-state index contributed by atoms with van der Waals surface area (Å²) >= 11 is 0. The van der Waals surface area contributed by atoms with Gasteiger partial charge in [-0.15, -0.1) is 0 Å². The third-order valence-corrected chi connectivity index (χ3v) is 11.1. The maximum atomic E-state index is 4.09. The van der Waals surface area contributed by atoms with E-state index >= 15 is 0 Å². The molecule has 0 amide bonds. The lowest BCUT2D eigenvalue weighted by molar-refractivity contribution is 0.141. The molecule has 0 spiro atoms. The fourth-order valence-corrected chi connectivity index (χ4v) is 8.83. The van der Waals surface area contributed by atoms with Crippen molar-refractivity contribution in [3.63, 3.8) is 0 Å². The van der Waals surface area contributed by atoms with Crippen LogP contribution in [0.4, 0.5) is 0 Å². The van der Waals surface area contributed by atoms with E-state index in [0.29, 0.717) is 24.0 Å². The van der Waals surface area contributed by atoms with Crippen molar-refractivity contribution in [2.45, 2.75) is 68.7 Å². The predicted molar refractivity (Wildman–Crippen MR) is 199 cm³/mol. The second-order valence-electron chi connectivity index (χ2n) is 13.8. The Kier molecular flexibility index (Phi) is 7.49. The van der Waals surface area contributed by atoms with Gasteiger partial charge < -0.3 is 0 Å². The first-order chi connectivity index (χ1) is 23.3. The summed E-state index contributed by atoms with van der Waals surface area (Å²) in [5.74, 6) is 0.452. The molecular formula is C45H42N2. The fraction of sp³-hybridized carbons (Fsp3) is 0.244. The number of nitrogens with zero attached hydrogens (tertiary/aromatic N) is 1. The highest BCUT2D eigenvalue weighted by Crippen LogP contribution is 2.46. The maximum absolute atomic E-state index is 4.09. The van der Waals surface area contributed by atoms with Crippen molar-refractivity contribution < 1.29 is 0 Å². The zero-order valence-corrected chi connectivity index (χ0v) is 26.9.